The van der Waals surface area contributed by atoms with Crippen LogP contribution < -0.4 is 10.2 Å². The molecular formula is C19H27N3O3. The van der Waals surface area contributed by atoms with Crippen LogP contribution in [-0.4, -0.2) is 58.4 Å². The van der Waals surface area contributed by atoms with Gasteiger partial charge in [-0.2, -0.15) is 5.26 Å². The molecule has 136 valence electrons. The van der Waals surface area contributed by atoms with E-state index in [2.05, 4.69) is 16.3 Å². The summed E-state index contributed by atoms with van der Waals surface area (Å²) in [6, 6.07) is 10.4. The zero-order valence-corrected chi connectivity index (χ0v) is 15.0. The molecule has 1 aromatic carbocycles. The molecule has 0 aromatic heterocycles. The minimum atomic E-state index is -0.595. The highest BCUT2D eigenvalue weighted by Gasteiger charge is 2.43. The molecule has 1 aromatic rings. The second kappa shape index (κ2) is 8.15. The zero-order chi connectivity index (χ0) is 17.7. The van der Waals surface area contributed by atoms with E-state index >= 15 is 0 Å². The van der Waals surface area contributed by atoms with Crippen LogP contribution in [0, 0.1) is 11.3 Å². The van der Waals surface area contributed by atoms with Gasteiger partial charge >= 0.3 is 0 Å². The molecule has 0 amide bonds. The standard InChI is InChI=1S/C19H27N3O3/c1-23-19(24-2)9-12-25-14-18(19)21-16-7-10-22(11-8-16)17-5-3-15(13-20)4-6-17/h3-6,16,18,21H,7-12,14H2,1-2H3. The number of nitrogens with zero attached hydrogens (tertiary/aromatic N) is 2. The molecule has 2 aliphatic heterocycles. The van der Waals surface area contributed by atoms with Gasteiger partial charge in [0.1, 0.15) is 0 Å². The van der Waals surface area contributed by atoms with Gasteiger partial charge in [0.15, 0.2) is 5.79 Å². The maximum Gasteiger partial charge on any atom is 0.187 e. The van der Waals surface area contributed by atoms with Gasteiger partial charge in [-0.3, -0.25) is 0 Å². The summed E-state index contributed by atoms with van der Waals surface area (Å²) in [5.41, 5.74) is 1.88. The van der Waals surface area contributed by atoms with E-state index in [1.807, 2.05) is 24.3 Å². The van der Waals surface area contributed by atoms with Crippen LogP contribution >= 0.6 is 0 Å². The monoisotopic (exact) mass is 345 g/mol. The molecule has 0 saturated carbocycles. The molecule has 1 atom stereocenters. The average Bonchev–Trinajstić information content (AvgIpc) is 2.69. The van der Waals surface area contributed by atoms with E-state index in [1.165, 1.54) is 5.69 Å². The summed E-state index contributed by atoms with van der Waals surface area (Å²) in [6.45, 7) is 3.25. The van der Waals surface area contributed by atoms with E-state index in [1.54, 1.807) is 14.2 Å². The quantitative estimate of drug-likeness (QED) is 0.822. The minimum absolute atomic E-state index is 0.0442. The maximum absolute atomic E-state index is 8.91. The van der Waals surface area contributed by atoms with Crippen LogP contribution in [0.25, 0.3) is 0 Å². The molecule has 0 radical (unpaired) electrons. The maximum atomic E-state index is 8.91. The van der Waals surface area contributed by atoms with E-state index in [4.69, 9.17) is 19.5 Å². The molecule has 2 aliphatic rings. The molecule has 6 nitrogen and oxygen atoms in total. The number of methoxy groups -OCH3 is 2. The number of ether oxygens (including phenoxy) is 3. The number of benzene rings is 1. The first kappa shape index (κ1) is 18.2. The molecule has 2 fully saturated rings. The van der Waals surface area contributed by atoms with Crippen LogP contribution in [0.1, 0.15) is 24.8 Å². The van der Waals surface area contributed by atoms with Gasteiger partial charge in [0.05, 0.1) is 30.9 Å². The Hall–Kier alpha value is -1.65. The van der Waals surface area contributed by atoms with E-state index in [0.717, 1.165) is 32.4 Å². The van der Waals surface area contributed by atoms with Crippen LogP contribution in [0.4, 0.5) is 5.69 Å². The molecule has 0 bridgehead atoms. The zero-order valence-electron chi connectivity index (χ0n) is 15.0. The minimum Gasteiger partial charge on any atom is -0.379 e. The number of nitrogens with one attached hydrogen (secondary N) is 1. The van der Waals surface area contributed by atoms with Crippen LogP contribution in [0.5, 0.6) is 0 Å². The van der Waals surface area contributed by atoms with Gasteiger partial charge in [-0.15, -0.1) is 0 Å². The average molecular weight is 345 g/mol. The summed E-state index contributed by atoms with van der Waals surface area (Å²) in [5, 5.41) is 12.6. The van der Waals surface area contributed by atoms with Gasteiger partial charge < -0.3 is 24.4 Å². The molecule has 3 rings (SSSR count). The van der Waals surface area contributed by atoms with E-state index in [-0.39, 0.29) is 6.04 Å². The SMILES string of the molecule is COC1(OC)CCOCC1NC1CCN(c2ccc(C#N)cc2)CC1. The lowest BCUT2D eigenvalue weighted by Crippen LogP contribution is -2.62. The fourth-order valence-corrected chi connectivity index (χ4v) is 3.80. The Kier molecular flexibility index (Phi) is 5.92. The van der Waals surface area contributed by atoms with Gasteiger partial charge in [0.25, 0.3) is 0 Å². The van der Waals surface area contributed by atoms with Crippen molar-refractivity contribution in [2.45, 2.75) is 37.1 Å². The number of piperidine rings is 1. The van der Waals surface area contributed by atoms with Crippen molar-refractivity contribution in [3.63, 3.8) is 0 Å². The van der Waals surface area contributed by atoms with Crippen molar-refractivity contribution in [2.24, 2.45) is 0 Å². The highest BCUT2D eigenvalue weighted by Crippen LogP contribution is 2.27. The van der Waals surface area contributed by atoms with Crippen LogP contribution in [0.2, 0.25) is 0 Å². The largest absolute Gasteiger partial charge is 0.379 e. The highest BCUT2D eigenvalue weighted by molar-refractivity contribution is 5.50. The van der Waals surface area contributed by atoms with Gasteiger partial charge in [-0.1, -0.05) is 0 Å². The number of rotatable bonds is 5. The Labute approximate surface area is 149 Å². The lowest BCUT2D eigenvalue weighted by atomic mass is 9.97. The summed E-state index contributed by atoms with van der Waals surface area (Å²) in [5.74, 6) is -0.595. The molecule has 6 heteroatoms. The molecule has 2 saturated heterocycles. The van der Waals surface area contributed by atoms with Crippen molar-refractivity contribution >= 4 is 5.69 Å². The normalized spacial score (nSPS) is 24.0. The summed E-state index contributed by atoms with van der Waals surface area (Å²) < 4.78 is 17.0. The first-order chi connectivity index (χ1) is 12.2. The molecular weight excluding hydrogens is 318 g/mol. The van der Waals surface area contributed by atoms with Crippen molar-refractivity contribution in [3.8, 4) is 6.07 Å². The van der Waals surface area contributed by atoms with Crippen molar-refractivity contribution in [2.75, 3.05) is 45.4 Å². The van der Waals surface area contributed by atoms with Crippen molar-refractivity contribution in [1.82, 2.24) is 5.32 Å². The summed E-state index contributed by atoms with van der Waals surface area (Å²) in [6.07, 6.45) is 2.85. The van der Waals surface area contributed by atoms with Gasteiger partial charge in [0, 0.05) is 45.5 Å². The molecule has 2 heterocycles. The molecule has 25 heavy (non-hydrogen) atoms. The predicted octanol–water partition coefficient (Wildman–Crippen LogP) is 1.89. The number of hydrogen-bond donors (Lipinski definition) is 1. The third-order valence-corrected chi connectivity index (χ3v) is 5.39. The molecule has 0 aliphatic carbocycles. The van der Waals surface area contributed by atoms with Crippen LogP contribution in [0.3, 0.4) is 0 Å². The van der Waals surface area contributed by atoms with Gasteiger partial charge in [-0.25, -0.2) is 0 Å². The first-order valence-electron chi connectivity index (χ1n) is 8.90. The lowest BCUT2D eigenvalue weighted by molar-refractivity contribution is -0.260. The van der Waals surface area contributed by atoms with E-state index in [9.17, 15) is 0 Å². The molecule has 1 N–H and O–H groups in total. The number of anilines is 1. The van der Waals surface area contributed by atoms with Crippen LogP contribution in [0.15, 0.2) is 24.3 Å². The third kappa shape index (κ3) is 3.96. The Morgan fingerprint density at radius 1 is 1.20 bits per heavy atom. The number of nitriles is 1. The Bertz CT molecular complexity index is 587. The fourth-order valence-electron chi connectivity index (χ4n) is 3.80. The van der Waals surface area contributed by atoms with Crippen molar-refractivity contribution in [1.29, 1.82) is 5.26 Å². The van der Waals surface area contributed by atoms with E-state index in [0.29, 0.717) is 24.8 Å². The Balaban J connectivity index is 1.55. The summed E-state index contributed by atoms with van der Waals surface area (Å²) >= 11 is 0. The molecule has 1 unspecified atom stereocenters. The van der Waals surface area contributed by atoms with Crippen molar-refractivity contribution in [3.05, 3.63) is 29.8 Å². The summed E-state index contributed by atoms with van der Waals surface area (Å²) in [7, 11) is 3.41. The second-order valence-corrected chi connectivity index (χ2v) is 6.68. The van der Waals surface area contributed by atoms with Gasteiger partial charge in [-0.05, 0) is 37.1 Å². The predicted molar refractivity (Wildman–Crippen MR) is 95.5 cm³/mol. The lowest BCUT2D eigenvalue weighted by Gasteiger charge is -2.44. The van der Waals surface area contributed by atoms with E-state index < -0.39 is 5.79 Å². The Morgan fingerprint density at radius 3 is 2.48 bits per heavy atom. The molecule has 0 spiro atoms. The van der Waals surface area contributed by atoms with Gasteiger partial charge in [0.2, 0.25) is 0 Å². The first-order valence-corrected chi connectivity index (χ1v) is 8.90. The topological polar surface area (TPSA) is 66.8 Å². The second-order valence-electron chi connectivity index (χ2n) is 6.68. The fraction of sp³-hybridized carbons (Fsp3) is 0.632. The summed E-state index contributed by atoms with van der Waals surface area (Å²) in [4.78, 5) is 2.37. The smallest absolute Gasteiger partial charge is 0.187 e. The highest BCUT2D eigenvalue weighted by atomic mass is 16.7. The third-order valence-electron chi connectivity index (χ3n) is 5.39. The Morgan fingerprint density at radius 2 is 1.88 bits per heavy atom. The van der Waals surface area contributed by atoms with Crippen LogP contribution in [-0.2, 0) is 14.2 Å². The number of hydrogen-bond acceptors (Lipinski definition) is 6. The van der Waals surface area contributed by atoms with Crippen molar-refractivity contribution < 1.29 is 14.2 Å².